The number of anilines is 2. The SMILES string of the molecule is CC1CCN(c2ccc(CNc3cccc(C(=O)O)n3)cn2)CC1. The maximum absolute atomic E-state index is 10.9. The molecule has 6 nitrogen and oxygen atoms in total. The molecule has 1 aliphatic rings. The van der Waals surface area contributed by atoms with Crippen molar-refractivity contribution < 1.29 is 9.90 Å². The number of carboxylic acid groups (broad SMARTS) is 1. The summed E-state index contributed by atoms with van der Waals surface area (Å²) in [6.45, 7) is 4.99. The Hall–Kier alpha value is -2.63. The number of hydrogen-bond donors (Lipinski definition) is 2. The van der Waals surface area contributed by atoms with Crippen LogP contribution in [0.25, 0.3) is 0 Å². The number of nitrogens with zero attached hydrogens (tertiary/aromatic N) is 3. The van der Waals surface area contributed by atoms with Crippen LogP contribution in [0.3, 0.4) is 0 Å². The van der Waals surface area contributed by atoms with Crippen LogP contribution in [-0.4, -0.2) is 34.1 Å². The van der Waals surface area contributed by atoms with Crippen LogP contribution in [-0.2, 0) is 6.54 Å². The van der Waals surface area contributed by atoms with Crippen molar-refractivity contribution >= 4 is 17.6 Å². The Morgan fingerprint density at radius 2 is 2.08 bits per heavy atom. The molecule has 3 heterocycles. The van der Waals surface area contributed by atoms with E-state index < -0.39 is 5.97 Å². The summed E-state index contributed by atoms with van der Waals surface area (Å²) in [4.78, 5) is 21.9. The Labute approximate surface area is 141 Å². The Balaban J connectivity index is 1.58. The quantitative estimate of drug-likeness (QED) is 0.879. The van der Waals surface area contributed by atoms with E-state index in [0.717, 1.165) is 30.4 Å². The number of aromatic carboxylic acids is 1. The minimum Gasteiger partial charge on any atom is -0.477 e. The van der Waals surface area contributed by atoms with Crippen molar-refractivity contribution in [3.05, 3.63) is 47.8 Å². The second-order valence-corrected chi connectivity index (χ2v) is 6.26. The molecule has 0 amide bonds. The Morgan fingerprint density at radius 3 is 2.75 bits per heavy atom. The summed E-state index contributed by atoms with van der Waals surface area (Å²) in [6.07, 6.45) is 4.30. The van der Waals surface area contributed by atoms with E-state index in [1.807, 2.05) is 12.3 Å². The molecule has 0 aliphatic carbocycles. The number of piperidine rings is 1. The first kappa shape index (κ1) is 16.2. The Kier molecular flexibility index (Phi) is 4.93. The maximum atomic E-state index is 10.9. The van der Waals surface area contributed by atoms with Gasteiger partial charge in [-0.2, -0.15) is 0 Å². The van der Waals surface area contributed by atoms with Gasteiger partial charge in [-0.1, -0.05) is 19.1 Å². The number of hydrogen-bond acceptors (Lipinski definition) is 5. The van der Waals surface area contributed by atoms with E-state index in [4.69, 9.17) is 5.11 Å². The fourth-order valence-electron chi connectivity index (χ4n) is 2.79. The van der Waals surface area contributed by atoms with Crippen LogP contribution in [0.1, 0.15) is 35.8 Å². The highest BCUT2D eigenvalue weighted by molar-refractivity contribution is 5.85. The standard InChI is InChI=1S/C18H22N4O2/c1-13-7-9-22(10-8-13)17-6-5-14(12-20-17)11-19-16-4-2-3-15(21-16)18(23)24/h2-6,12-13H,7-11H2,1H3,(H,19,21)(H,23,24). The molecular formula is C18H22N4O2. The van der Waals surface area contributed by atoms with E-state index in [9.17, 15) is 4.79 Å². The number of rotatable bonds is 5. The lowest BCUT2D eigenvalue weighted by Crippen LogP contribution is -2.33. The molecule has 2 N–H and O–H groups in total. The van der Waals surface area contributed by atoms with Gasteiger partial charge in [0.05, 0.1) is 0 Å². The fraction of sp³-hybridized carbons (Fsp3) is 0.389. The van der Waals surface area contributed by atoms with Crippen LogP contribution in [0.2, 0.25) is 0 Å². The summed E-state index contributed by atoms with van der Waals surface area (Å²) in [5, 5.41) is 12.1. The summed E-state index contributed by atoms with van der Waals surface area (Å²) in [7, 11) is 0. The summed E-state index contributed by atoms with van der Waals surface area (Å²) >= 11 is 0. The highest BCUT2D eigenvalue weighted by Gasteiger charge is 2.16. The predicted molar refractivity (Wildman–Crippen MR) is 93.4 cm³/mol. The van der Waals surface area contributed by atoms with Crippen molar-refractivity contribution in [2.75, 3.05) is 23.3 Å². The molecule has 0 aromatic carbocycles. The van der Waals surface area contributed by atoms with Crippen LogP contribution < -0.4 is 10.2 Å². The number of carbonyl (C=O) groups is 1. The molecule has 3 rings (SSSR count). The van der Waals surface area contributed by atoms with Crippen molar-refractivity contribution in [1.82, 2.24) is 9.97 Å². The topological polar surface area (TPSA) is 78.4 Å². The number of carboxylic acids is 1. The smallest absolute Gasteiger partial charge is 0.354 e. The van der Waals surface area contributed by atoms with Crippen molar-refractivity contribution in [2.24, 2.45) is 5.92 Å². The highest BCUT2D eigenvalue weighted by Crippen LogP contribution is 2.21. The lowest BCUT2D eigenvalue weighted by molar-refractivity contribution is 0.0690. The molecule has 0 unspecified atom stereocenters. The van der Waals surface area contributed by atoms with Gasteiger partial charge >= 0.3 is 5.97 Å². The van der Waals surface area contributed by atoms with Gasteiger partial charge in [0.25, 0.3) is 0 Å². The zero-order chi connectivity index (χ0) is 16.9. The first-order valence-electron chi connectivity index (χ1n) is 8.26. The van der Waals surface area contributed by atoms with E-state index in [1.165, 1.54) is 18.9 Å². The second-order valence-electron chi connectivity index (χ2n) is 6.26. The summed E-state index contributed by atoms with van der Waals surface area (Å²) in [6, 6.07) is 9.01. The molecule has 0 saturated carbocycles. The number of aromatic nitrogens is 2. The highest BCUT2D eigenvalue weighted by atomic mass is 16.4. The second kappa shape index (κ2) is 7.29. The van der Waals surface area contributed by atoms with Gasteiger partial charge in [0, 0.05) is 25.8 Å². The molecular weight excluding hydrogens is 304 g/mol. The number of nitrogens with one attached hydrogen (secondary N) is 1. The maximum Gasteiger partial charge on any atom is 0.354 e. The van der Waals surface area contributed by atoms with E-state index >= 15 is 0 Å². The minimum atomic E-state index is -1.03. The lowest BCUT2D eigenvalue weighted by Gasteiger charge is -2.31. The summed E-state index contributed by atoms with van der Waals surface area (Å²) < 4.78 is 0. The van der Waals surface area contributed by atoms with Gasteiger partial charge in [-0.15, -0.1) is 0 Å². The van der Waals surface area contributed by atoms with Crippen LogP contribution in [0.5, 0.6) is 0 Å². The first-order valence-corrected chi connectivity index (χ1v) is 8.26. The third-order valence-electron chi connectivity index (χ3n) is 4.36. The van der Waals surface area contributed by atoms with Crippen molar-refractivity contribution in [2.45, 2.75) is 26.3 Å². The largest absolute Gasteiger partial charge is 0.477 e. The van der Waals surface area contributed by atoms with E-state index in [1.54, 1.807) is 12.1 Å². The molecule has 2 aromatic heterocycles. The predicted octanol–water partition coefficient (Wildman–Crippen LogP) is 3.02. The molecule has 6 heteroatoms. The summed E-state index contributed by atoms with van der Waals surface area (Å²) in [5.74, 6) is 1.35. The van der Waals surface area contributed by atoms with Crippen molar-refractivity contribution in [3.63, 3.8) is 0 Å². The first-order chi connectivity index (χ1) is 11.6. The van der Waals surface area contributed by atoms with E-state index in [2.05, 4.69) is 33.2 Å². The third-order valence-corrected chi connectivity index (χ3v) is 4.36. The van der Waals surface area contributed by atoms with Crippen molar-refractivity contribution in [3.8, 4) is 0 Å². The lowest BCUT2D eigenvalue weighted by atomic mass is 9.99. The molecule has 0 bridgehead atoms. The molecule has 1 saturated heterocycles. The number of pyridine rings is 2. The molecule has 1 aliphatic heterocycles. The molecule has 1 fully saturated rings. The molecule has 24 heavy (non-hydrogen) atoms. The van der Waals surface area contributed by atoms with Gasteiger partial charge in [0.1, 0.15) is 11.6 Å². The van der Waals surface area contributed by atoms with Gasteiger partial charge in [0.2, 0.25) is 0 Å². The average Bonchev–Trinajstić information content (AvgIpc) is 2.61. The Morgan fingerprint density at radius 1 is 1.29 bits per heavy atom. The van der Waals surface area contributed by atoms with Crippen molar-refractivity contribution in [1.29, 1.82) is 0 Å². The van der Waals surface area contributed by atoms with Gasteiger partial charge in [0.15, 0.2) is 5.69 Å². The third kappa shape index (κ3) is 4.01. The van der Waals surface area contributed by atoms with Gasteiger partial charge in [-0.05, 0) is 42.5 Å². The van der Waals surface area contributed by atoms with Gasteiger partial charge in [-0.25, -0.2) is 14.8 Å². The molecule has 126 valence electrons. The summed E-state index contributed by atoms with van der Waals surface area (Å²) in [5.41, 5.74) is 1.07. The van der Waals surface area contributed by atoms with Crippen LogP contribution >= 0.6 is 0 Å². The fourth-order valence-corrected chi connectivity index (χ4v) is 2.79. The van der Waals surface area contributed by atoms with Gasteiger partial charge in [-0.3, -0.25) is 0 Å². The molecule has 0 spiro atoms. The normalized spacial score (nSPS) is 15.3. The van der Waals surface area contributed by atoms with E-state index in [0.29, 0.717) is 12.4 Å². The van der Waals surface area contributed by atoms with Crippen LogP contribution in [0, 0.1) is 5.92 Å². The van der Waals surface area contributed by atoms with Crippen LogP contribution in [0.15, 0.2) is 36.5 Å². The van der Waals surface area contributed by atoms with Gasteiger partial charge < -0.3 is 15.3 Å². The average molecular weight is 326 g/mol. The molecule has 0 radical (unpaired) electrons. The zero-order valence-corrected chi connectivity index (χ0v) is 13.8. The van der Waals surface area contributed by atoms with E-state index in [-0.39, 0.29) is 5.69 Å². The molecule has 2 aromatic rings. The molecule has 0 atom stereocenters. The monoisotopic (exact) mass is 326 g/mol. The minimum absolute atomic E-state index is 0.0350. The Bertz CT molecular complexity index is 694. The zero-order valence-electron chi connectivity index (χ0n) is 13.8. The van der Waals surface area contributed by atoms with Crippen LogP contribution in [0.4, 0.5) is 11.6 Å².